The molecule has 6 heteroatoms. The number of nitrogens with one attached hydrogen (secondary N) is 1. The Balaban J connectivity index is 3.08. The molecule has 0 aliphatic carbocycles. The van der Waals surface area contributed by atoms with Gasteiger partial charge in [0.2, 0.25) is 0 Å². The fourth-order valence-corrected chi connectivity index (χ4v) is 2.09. The van der Waals surface area contributed by atoms with Gasteiger partial charge in [-0.25, -0.2) is 17.9 Å². The summed E-state index contributed by atoms with van der Waals surface area (Å²) in [5.41, 5.74) is 1.82. The van der Waals surface area contributed by atoms with E-state index < -0.39 is 16.1 Å². The molecule has 0 bridgehead atoms. The summed E-state index contributed by atoms with van der Waals surface area (Å²) in [7, 11) is -2.73. The number of hydrogen-bond donors (Lipinski definition) is 1. The second-order valence-electron chi connectivity index (χ2n) is 3.34. The number of aryl methyl sites for hydroxylation is 2. The van der Waals surface area contributed by atoms with Crippen LogP contribution in [0.5, 0.6) is 0 Å². The molecule has 0 spiro atoms. The van der Waals surface area contributed by atoms with Crippen LogP contribution in [0.15, 0.2) is 23.1 Å². The molecule has 0 aromatic heterocycles. The minimum atomic E-state index is -3.84. The number of hydrogen-bond acceptors (Lipinski definition) is 4. The zero-order valence-corrected chi connectivity index (χ0v) is 10.1. The predicted octanol–water partition coefficient (Wildman–Crippen LogP) is 1.35. The normalized spacial score (nSPS) is 10.9. The topological polar surface area (TPSA) is 72.5 Å². The smallest absolute Gasteiger partial charge is 0.420 e. The zero-order valence-electron chi connectivity index (χ0n) is 9.27. The molecule has 0 radical (unpaired) electrons. The van der Waals surface area contributed by atoms with Crippen molar-refractivity contribution in [2.75, 3.05) is 7.11 Å². The molecule has 0 aliphatic rings. The Labute approximate surface area is 94.5 Å². The maximum absolute atomic E-state index is 11.7. The molecule has 1 amide bonds. The zero-order chi connectivity index (χ0) is 12.3. The third kappa shape index (κ3) is 2.73. The van der Waals surface area contributed by atoms with Gasteiger partial charge in [-0.15, -0.1) is 0 Å². The predicted molar refractivity (Wildman–Crippen MR) is 58.6 cm³/mol. The van der Waals surface area contributed by atoms with Crippen molar-refractivity contribution in [3.05, 3.63) is 29.3 Å². The Bertz CT molecular complexity index is 508. The summed E-state index contributed by atoms with van der Waals surface area (Å²) >= 11 is 0. The van der Waals surface area contributed by atoms with Crippen LogP contribution in [0, 0.1) is 13.8 Å². The van der Waals surface area contributed by atoms with Gasteiger partial charge in [0.05, 0.1) is 12.0 Å². The van der Waals surface area contributed by atoms with Crippen molar-refractivity contribution >= 4 is 16.1 Å². The number of amides is 1. The van der Waals surface area contributed by atoms with Crippen molar-refractivity contribution in [1.82, 2.24) is 4.72 Å². The molecular formula is C10H13NO4S. The van der Waals surface area contributed by atoms with Gasteiger partial charge in [0.25, 0.3) is 10.0 Å². The van der Waals surface area contributed by atoms with E-state index in [-0.39, 0.29) is 4.90 Å². The largest absolute Gasteiger partial charge is 0.452 e. The molecule has 0 saturated carbocycles. The van der Waals surface area contributed by atoms with Gasteiger partial charge in [0.1, 0.15) is 0 Å². The highest BCUT2D eigenvalue weighted by Crippen LogP contribution is 2.14. The van der Waals surface area contributed by atoms with Crippen LogP contribution in [-0.2, 0) is 14.8 Å². The summed E-state index contributed by atoms with van der Waals surface area (Å²) in [6.07, 6.45) is -1.00. The number of rotatable bonds is 2. The van der Waals surface area contributed by atoms with Gasteiger partial charge in [-0.1, -0.05) is 6.07 Å². The maximum atomic E-state index is 11.7. The van der Waals surface area contributed by atoms with Crippen LogP contribution in [0.3, 0.4) is 0 Å². The summed E-state index contributed by atoms with van der Waals surface area (Å²) in [6.45, 7) is 3.67. The first-order chi connectivity index (χ1) is 7.36. The number of benzene rings is 1. The molecule has 0 fully saturated rings. The van der Waals surface area contributed by atoms with Crippen molar-refractivity contribution in [3.8, 4) is 0 Å². The number of sulfonamides is 1. The van der Waals surface area contributed by atoms with Crippen molar-refractivity contribution in [2.45, 2.75) is 18.7 Å². The lowest BCUT2D eigenvalue weighted by molar-refractivity contribution is 0.177. The van der Waals surface area contributed by atoms with Crippen molar-refractivity contribution in [2.24, 2.45) is 0 Å². The van der Waals surface area contributed by atoms with E-state index >= 15 is 0 Å². The molecule has 1 aromatic rings. The molecule has 0 unspecified atom stereocenters. The fourth-order valence-electron chi connectivity index (χ4n) is 1.09. The first-order valence-corrected chi connectivity index (χ1v) is 6.03. The van der Waals surface area contributed by atoms with Gasteiger partial charge >= 0.3 is 6.09 Å². The molecule has 88 valence electrons. The molecule has 0 aliphatic heterocycles. The lowest BCUT2D eigenvalue weighted by atomic mass is 10.1. The van der Waals surface area contributed by atoms with Crippen LogP contribution in [0.2, 0.25) is 0 Å². The maximum Gasteiger partial charge on any atom is 0.420 e. The Kier molecular flexibility index (Phi) is 3.54. The highest BCUT2D eigenvalue weighted by Gasteiger charge is 2.17. The first kappa shape index (κ1) is 12.5. The Morgan fingerprint density at radius 2 is 1.88 bits per heavy atom. The van der Waals surface area contributed by atoms with E-state index in [2.05, 4.69) is 4.74 Å². The van der Waals surface area contributed by atoms with Gasteiger partial charge in [-0.05, 0) is 37.1 Å². The van der Waals surface area contributed by atoms with Gasteiger partial charge in [-0.3, -0.25) is 0 Å². The van der Waals surface area contributed by atoms with Crippen LogP contribution in [0.4, 0.5) is 4.79 Å². The van der Waals surface area contributed by atoms with Gasteiger partial charge in [-0.2, -0.15) is 0 Å². The number of carbonyl (C=O) groups excluding carboxylic acids is 1. The second kappa shape index (κ2) is 4.52. The summed E-state index contributed by atoms with van der Waals surface area (Å²) < 4.78 is 29.3. The summed E-state index contributed by atoms with van der Waals surface area (Å²) in [4.78, 5) is 10.9. The van der Waals surface area contributed by atoms with E-state index in [0.29, 0.717) is 0 Å². The lowest BCUT2D eigenvalue weighted by Gasteiger charge is -2.07. The molecule has 0 heterocycles. The quantitative estimate of drug-likeness (QED) is 0.851. The number of methoxy groups -OCH3 is 1. The van der Waals surface area contributed by atoms with E-state index in [0.717, 1.165) is 18.2 Å². The van der Waals surface area contributed by atoms with Gasteiger partial charge < -0.3 is 4.74 Å². The van der Waals surface area contributed by atoms with Crippen molar-refractivity contribution in [3.63, 3.8) is 0 Å². The average molecular weight is 243 g/mol. The van der Waals surface area contributed by atoms with Crippen LogP contribution < -0.4 is 4.72 Å². The standard InChI is InChI=1S/C10H13NO4S/c1-7-4-5-9(6-8(7)2)16(13,14)11-10(12)15-3/h4-6H,1-3H3,(H,11,12). The van der Waals surface area contributed by atoms with E-state index in [1.807, 2.05) is 6.92 Å². The Morgan fingerprint density at radius 3 is 2.38 bits per heavy atom. The molecule has 1 aromatic carbocycles. The summed E-state index contributed by atoms with van der Waals surface area (Å²) in [5.74, 6) is 0. The third-order valence-electron chi connectivity index (χ3n) is 2.19. The van der Waals surface area contributed by atoms with Crippen molar-refractivity contribution in [1.29, 1.82) is 0 Å². The molecule has 0 saturated heterocycles. The van der Waals surface area contributed by atoms with E-state index in [9.17, 15) is 13.2 Å². The number of ether oxygens (including phenoxy) is 1. The molecule has 1 N–H and O–H groups in total. The molecule has 5 nitrogen and oxygen atoms in total. The monoisotopic (exact) mass is 243 g/mol. The van der Waals surface area contributed by atoms with Crippen LogP contribution in [0.1, 0.15) is 11.1 Å². The minimum absolute atomic E-state index is 0.0426. The average Bonchev–Trinajstić information content (AvgIpc) is 2.21. The lowest BCUT2D eigenvalue weighted by Crippen LogP contribution is -2.30. The van der Waals surface area contributed by atoms with E-state index in [1.165, 1.54) is 12.1 Å². The highest BCUT2D eigenvalue weighted by molar-refractivity contribution is 7.90. The molecule has 0 atom stereocenters. The van der Waals surface area contributed by atoms with Crippen LogP contribution >= 0.6 is 0 Å². The third-order valence-corrected chi connectivity index (χ3v) is 3.50. The van der Waals surface area contributed by atoms with E-state index in [1.54, 1.807) is 17.7 Å². The SMILES string of the molecule is COC(=O)NS(=O)(=O)c1ccc(C)c(C)c1. The van der Waals surface area contributed by atoms with Crippen LogP contribution in [-0.4, -0.2) is 21.6 Å². The molecule has 16 heavy (non-hydrogen) atoms. The van der Waals surface area contributed by atoms with E-state index in [4.69, 9.17) is 0 Å². The minimum Gasteiger partial charge on any atom is -0.452 e. The second-order valence-corrected chi connectivity index (χ2v) is 5.03. The Morgan fingerprint density at radius 1 is 1.25 bits per heavy atom. The molecule has 1 rings (SSSR count). The van der Waals surface area contributed by atoms with Gasteiger partial charge in [0, 0.05) is 0 Å². The first-order valence-electron chi connectivity index (χ1n) is 4.55. The Hall–Kier alpha value is -1.56. The molecular weight excluding hydrogens is 230 g/mol. The fraction of sp³-hybridized carbons (Fsp3) is 0.300. The van der Waals surface area contributed by atoms with Gasteiger partial charge in [0.15, 0.2) is 0 Å². The summed E-state index contributed by atoms with van der Waals surface area (Å²) in [6, 6.07) is 4.62. The van der Waals surface area contributed by atoms with Crippen molar-refractivity contribution < 1.29 is 17.9 Å². The highest BCUT2D eigenvalue weighted by atomic mass is 32.2. The van der Waals surface area contributed by atoms with Crippen LogP contribution in [0.25, 0.3) is 0 Å². The summed E-state index contributed by atoms with van der Waals surface area (Å²) in [5, 5.41) is 0. The number of carbonyl (C=O) groups is 1.